The maximum absolute atomic E-state index is 12.4. The maximum Gasteiger partial charge on any atom is 0.267 e. The molecule has 1 aromatic heterocycles. The van der Waals surface area contributed by atoms with E-state index >= 15 is 0 Å². The standard InChI is InChI=1S/C7H7ClF2N2O/c8-6-5(7(9)10)3(2-13)4(11)1-12-6/h1,7,13H,2,11H2. The molecule has 0 amide bonds. The molecule has 0 aliphatic carbocycles. The highest BCUT2D eigenvalue weighted by Crippen LogP contribution is 2.31. The number of aromatic nitrogens is 1. The van der Waals surface area contributed by atoms with Crippen LogP contribution in [0.3, 0.4) is 0 Å². The third-order valence-electron chi connectivity index (χ3n) is 1.59. The molecule has 0 radical (unpaired) electrons. The lowest BCUT2D eigenvalue weighted by Crippen LogP contribution is -2.03. The first-order chi connectivity index (χ1) is 6.07. The lowest BCUT2D eigenvalue weighted by Gasteiger charge is -2.09. The summed E-state index contributed by atoms with van der Waals surface area (Å²) in [4.78, 5) is 3.46. The Labute approximate surface area is 78.1 Å². The van der Waals surface area contributed by atoms with Crippen molar-refractivity contribution in [1.82, 2.24) is 4.98 Å². The van der Waals surface area contributed by atoms with Crippen molar-refractivity contribution < 1.29 is 13.9 Å². The maximum atomic E-state index is 12.4. The first-order valence-corrected chi connectivity index (χ1v) is 3.77. The lowest BCUT2D eigenvalue weighted by atomic mass is 10.1. The number of pyridine rings is 1. The van der Waals surface area contributed by atoms with E-state index in [0.29, 0.717) is 0 Å². The van der Waals surface area contributed by atoms with Crippen LogP contribution in [0.5, 0.6) is 0 Å². The van der Waals surface area contributed by atoms with Crippen LogP contribution in [0.2, 0.25) is 5.15 Å². The second-order valence-corrected chi connectivity index (χ2v) is 2.71. The molecule has 3 nitrogen and oxygen atoms in total. The van der Waals surface area contributed by atoms with Gasteiger partial charge in [-0.3, -0.25) is 0 Å². The molecular formula is C7H7ClF2N2O. The van der Waals surface area contributed by atoms with Gasteiger partial charge in [-0.1, -0.05) is 11.6 Å². The van der Waals surface area contributed by atoms with Crippen molar-refractivity contribution in [3.8, 4) is 0 Å². The second kappa shape index (κ2) is 3.85. The smallest absolute Gasteiger partial charge is 0.267 e. The Balaban J connectivity index is 3.35. The molecule has 0 bridgehead atoms. The molecule has 0 spiro atoms. The number of hydrogen-bond acceptors (Lipinski definition) is 3. The van der Waals surface area contributed by atoms with Gasteiger partial charge in [0, 0.05) is 5.56 Å². The van der Waals surface area contributed by atoms with E-state index in [-0.39, 0.29) is 16.4 Å². The fourth-order valence-corrected chi connectivity index (χ4v) is 1.20. The van der Waals surface area contributed by atoms with Gasteiger partial charge in [0.2, 0.25) is 0 Å². The molecule has 6 heteroatoms. The summed E-state index contributed by atoms with van der Waals surface area (Å²) in [6.45, 7) is -0.576. The van der Waals surface area contributed by atoms with Crippen LogP contribution in [0.1, 0.15) is 17.6 Å². The molecule has 3 N–H and O–H groups in total. The Morgan fingerprint density at radius 1 is 1.62 bits per heavy atom. The number of nitrogens with zero attached hydrogens (tertiary/aromatic N) is 1. The Kier molecular flexibility index (Phi) is 3.00. The first kappa shape index (κ1) is 10.1. The van der Waals surface area contributed by atoms with Crippen LogP contribution in [0.15, 0.2) is 6.20 Å². The Bertz CT molecular complexity index is 320. The Morgan fingerprint density at radius 3 is 2.62 bits per heavy atom. The van der Waals surface area contributed by atoms with Gasteiger partial charge in [-0.25, -0.2) is 13.8 Å². The second-order valence-electron chi connectivity index (χ2n) is 2.36. The largest absolute Gasteiger partial charge is 0.397 e. The zero-order valence-electron chi connectivity index (χ0n) is 6.47. The average molecular weight is 209 g/mol. The molecule has 0 saturated carbocycles. The third-order valence-corrected chi connectivity index (χ3v) is 1.89. The van der Waals surface area contributed by atoms with Crippen LogP contribution in [0.25, 0.3) is 0 Å². The highest BCUT2D eigenvalue weighted by Gasteiger charge is 2.19. The topological polar surface area (TPSA) is 59.1 Å². The van der Waals surface area contributed by atoms with Crippen molar-refractivity contribution >= 4 is 17.3 Å². The van der Waals surface area contributed by atoms with Crippen LogP contribution >= 0.6 is 11.6 Å². The minimum Gasteiger partial charge on any atom is -0.397 e. The zero-order valence-corrected chi connectivity index (χ0v) is 7.22. The SMILES string of the molecule is Nc1cnc(Cl)c(C(F)F)c1CO. The number of nitrogens with two attached hydrogens (primary N) is 1. The molecule has 13 heavy (non-hydrogen) atoms. The van der Waals surface area contributed by atoms with Gasteiger partial charge in [-0.05, 0) is 0 Å². The predicted octanol–water partition coefficient (Wildman–Crippen LogP) is 1.75. The number of anilines is 1. The molecule has 0 aliphatic heterocycles. The highest BCUT2D eigenvalue weighted by atomic mass is 35.5. The summed E-state index contributed by atoms with van der Waals surface area (Å²) in [7, 11) is 0. The average Bonchev–Trinajstić information content (AvgIpc) is 2.07. The summed E-state index contributed by atoms with van der Waals surface area (Å²) in [5.74, 6) is 0. The van der Waals surface area contributed by atoms with E-state index in [2.05, 4.69) is 4.98 Å². The molecule has 0 fully saturated rings. The summed E-state index contributed by atoms with van der Waals surface area (Å²) in [6.07, 6.45) is -1.65. The van der Waals surface area contributed by atoms with Crippen molar-refractivity contribution in [2.75, 3.05) is 5.73 Å². The van der Waals surface area contributed by atoms with Gasteiger partial charge in [-0.2, -0.15) is 0 Å². The van der Waals surface area contributed by atoms with Gasteiger partial charge in [-0.15, -0.1) is 0 Å². The summed E-state index contributed by atoms with van der Waals surface area (Å²) in [6, 6.07) is 0. The lowest BCUT2D eigenvalue weighted by molar-refractivity contribution is 0.147. The molecule has 1 aromatic rings. The van der Waals surface area contributed by atoms with E-state index in [1.807, 2.05) is 0 Å². The van der Waals surface area contributed by atoms with Crippen molar-refractivity contribution in [2.24, 2.45) is 0 Å². The minimum atomic E-state index is -2.79. The first-order valence-electron chi connectivity index (χ1n) is 3.39. The highest BCUT2D eigenvalue weighted by molar-refractivity contribution is 6.30. The number of aliphatic hydroxyl groups excluding tert-OH is 1. The van der Waals surface area contributed by atoms with Crippen molar-refractivity contribution in [3.05, 3.63) is 22.5 Å². The molecule has 1 rings (SSSR count). The van der Waals surface area contributed by atoms with Crippen molar-refractivity contribution in [2.45, 2.75) is 13.0 Å². The van der Waals surface area contributed by atoms with Gasteiger partial charge in [0.25, 0.3) is 6.43 Å². The molecule has 1 heterocycles. The normalized spacial score (nSPS) is 10.8. The molecular weight excluding hydrogens is 202 g/mol. The molecule has 0 saturated heterocycles. The van der Waals surface area contributed by atoms with Crippen molar-refractivity contribution in [1.29, 1.82) is 0 Å². The van der Waals surface area contributed by atoms with Gasteiger partial charge in [0.15, 0.2) is 0 Å². The van der Waals surface area contributed by atoms with Crippen molar-refractivity contribution in [3.63, 3.8) is 0 Å². The molecule has 0 unspecified atom stereocenters. The van der Waals surface area contributed by atoms with Gasteiger partial charge in [0.05, 0.1) is 24.1 Å². The quantitative estimate of drug-likeness (QED) is 0.728. The van der Waals surface area contributed by atoms with E-state index in [1.54, 1.807) is 0 Å². The Morgan fingerprint density at radius 2 is 2.23 bits per heavy atom. The summed E-state index contributed by atoms with van der Waals surface area (Å²) >= 11 is 5.42. The number of aliphatic hydroxyl groups is 1. The van der Waals surface area contributed by atoms with Gasteiger partial charge < -0.3 is 10.8 Å². The molecule has 0 aliphatic rings. The fourth-order valence-electron chi connectivity index (χ4n) is 0.952. The molecule has 72 valence electrons. The van der Waals surface area contributed by atoms with E-state index in [9.17, 15) is 8.78 Å². The summed E-state index contributed by atoms with van der Waals surface area (Å²) < 4.78 is 24.7. The van der Waals surface area contributed by atoms with Crippen LogP contribution in [0.4, 0.5) is 14.5 Å². The van der Waals surface area contributed by atoms with Crippen LogP contribution < -0.4 is 5.73 Å². The molecule has 0 atom stereocenters. The van der Waals surface area contributed by atoms with Crippen LogP contribution in [-0.4, -0.2) is 10.1 Å². The third kappa shape index (κ3) is 1.87. The number of rotatable bonds is 2. The van der Waals surface area contributed by atoms with Crippen LogP contribution in [-0.2, 0) is 6.61 Å². The predicted molar refractivity (Wildman–Crippen MR) is 44.5 cm³/mol. The number of nitrogen functional groups attached to an aromatic ring is 1. The minimum absolute atomic E-state index is 0.0159. The van der Waals surface area contributed by atoms with E-state index in [4.69, 9.17) is 22.4 Å². The van der Waals surface area contributed by atoms with Gasteiger partial charge in [0.1, 0.15) is 5.15 Å². The number of alkyl halides is 2. The summed E-state index contributed by atoms with van der Waals surface area (Å²) in [5, 5.41) is 8.45. The summed E-state index contributed by atoms with van der Waals surface area (Å²) in [5.41, 5.74) is 4.78. The number of hydrogen-bond donors (Lipinski definition) is 2. The fraction of sp³-hybridized carbons (Fsp3) is 0.286. The van der Waals surface area contributed by atoms with Gasteiger partial charge >= 0.3 is 0 Å². The Hall–Kier alpha value is -0.940. The monoisotopic (exact) mass is 208 g/mol. The zero-order chi connectivity index (χ0) is 10.0. The molecule has 0 aromatic carbocycles. The van der Waals surface area contributed by atoms with E-state index in [1.165, 1.54) is 0 Å². The number of halogens is 3. The van der Waals surface area contributed by atoms with E-state index in [0.717, 1.165) is 6.20 Å². The van der Waals surface area contributed by atoms with E-state index < -0.39 is 18.6 Å². The van der Waals surface area contributed by atoms with Crippen LogP contribution in [0, 0.1) is 0 Å².